The monoisotopic (exact) mass is 811 g/mol. The van der Waals surface area contributed by atoms with Crippen LogP contribution in [0.2, 0.25) is 58.9 Å². The summed E-state index contributed by atoms with van der Waals surface area (Å²) in [6.07, 6.45) is 29.3. The van der Waals surface area contributed by atoms with Crippen LogP contribution in [-0.4, -0.2) is 79.8 Å². The van der Waals surface area contributed by atoms with E-state index in [9.17, 15) is 4.79 Å². The van der Waals surface area contributed by atoms with Crippen molar-refractivity contribution in [1.82, 2.24) is 0 Å². The van der Waals surface area contributed by atoms with Gasteiger partial charge in [-0.1, -0.05) is 96.8 Å². The number of hydrogen-bond donors (Lipinski definition) is 0. The van der Waals surface area contributed by atoms with Crippen molar-refractivity contribution in [3.05, 3.63) is 11.6 Å². The molecule has 0 aliphatic carbocycles. The van der Waals surface area contributed by atoms with Crippen LogP contribution >= 0.6 is 0 Å². The average molecular weight is 811 g/mol. The minimum Gasteiger partial charge on any atom is -0.455 e. The van der Waals surface area contributed by atoms with Gasteiger partial charge in [-0.3, -0.25) is 0 Å². The first kappa shape index (κ1) is 48.0. The normalized spacial score (nSPS) is 25.6. The summed E-state index contributed by atoms with van der Waals surface area (Å²) < 4.78 is 39.4. The zero-order chi connectivity index (χ0) is 39.8. The number of hydrogen-bond acceptors (Lipinski definition) is 7. The van der Waals surface area contributed by atoms with Crippen molar-refractivity contribution in [3.63, 3.8) is 0 Å². The van der Waals surface area contributed by atoms with Crippen molar-refractivity contribution in [2.45, 2.75) is 263 Å². The van der Waals surface area contributed by atoms with Crippen molar-refractivity contribution < 1.29 is 32.3 Å². The van der Waals surface area contributed by atoms with Crippen molar-refractivity contribution >= 4 is 30.9 Å². The van der Waals surface area contributed by atoms with E-state index >= 15 is 0 Å². The average Bonchev–Trinajstić information content (AvgIpc) is 3.81. The summed E-state index contributed by atoms with van der Waals surface area (Å²) in [6, 6.07) is 0. The van der Waals surface area contributed by atoms with E-state index in [1.807, 2.05) is 13.0 Å². The first-order chi connectivity index (χ1) is 25.4. The van der Waals surface area contributed by atoms with Gasteiger partial charge in [-0.2, -0.15) is 0 Å². The van der Waals surface area contributed by atoms with Gasteiger partial charge in [0.1, 0.15) is 6.10 Å². The minimum absolute atomic E-state index is 0.0465. The van der Waals surface area contributed by atoms with Crippen LogP contribution in [0, 0.1) is 0 Å². The molecule has 7 nitrogen and oxygen atoms in total. The number of cyclic esters (lactones) is 1. The highest BCUT2D eigenvalue weighted by molar-refractivity contribution is 6.70. The second kappa shape index (κ2) is 23.9. The standard InChI is InChI=1S/C44H86O7Si3/c1-12-13-14-15-16-17-18-19-20-21-22-23-27-42(50-53(6,7)8)40-31-29-38(47-40)39-30-32-41(48-39)43(51-54(9,10)11)28-25-24-26-37(49-52(3,4)5)34-36-33-35(2)46-44(36)45/h33,35,37-43H,12-32,34H2,1-11H3/t35-,37+,38+,39+,40+,41+,42+,43+/m0/s1. The summed E-state index contributed by atoms with van der Waals surface area (Å²) in [4.78, 5) is 12.4. The second-order valence-electron chi connectivity index (χ2n) is 19.9. The molecule has 0 bridgehead atoms. The van der Waals surface area contributed by atoms with Crippen LogP contribution in [-0.2, 0) is 32.3 Å². The Morgan fingerprint density at radius 3 is 1.41 bits per heavy atom. The van der Waals surface area contributed by atoms with E-state index in [0.717, 1.165) is 63.4 Å². The van der Waals surface area contributed by atoms with Gasteiger partial charge in [-0.15, -0.1) is 0 Å². The van der Waals surface area contributed by atoms with Crippen LogP contribution in [0.4, 0.5) is 0 Å². The van der Waals surface area contributed by atoms with Gasteiger partial charge in [0, 0.05) is 18.1 Å². The molecule has 3 aliphatic heterocycles. The molecule has 0 aromatic carbocycles. The summed E-state index contributed by atoms with van der Waals surface area (Å²) in [5.74, 6) is -0.181. The maximum Gasteiger partial charge on any atom is 0.334 e. The fraction of sp³-hybridized carbons (Fsp3) is 0.932. The molecule has 0 spiro atoms. The molecule has 0 amide bonds. The lowest BCUT2D eigenvalue weighted by Crippen LogP contribution is -2.41. The number of rotatable bonds is 29. The molecular weight excluding hydrogens is 725 g/mol. The summed E-state index contributed by atoms with van der Waals surface area (Å²) in [7, 11) is -5.24. The van der Waals surface area contributed by atoms with E-state index in [-0.39, 0.29) is 54.8 Å². The Bertz CT molecular complexity index is 1080. The zero-order valence-electron chi connectivity index (χ0n) is 37.1. The number of carbonyl (C=O) groups excluding carboxylic acids is 1. The van der Waals surface area contributed by atoms with E-state index < -0.39 is 25.0 Å². The van der Waals surface area contributed by atoms with Crippen molar-refractivity contribution in [1.29, 1.82) is 0 Å². The number of carbonyl (C=O) groups is 1. The third-order valence-corrected chi connectivity index (χ3v) is 14.1. The number of ether oxygens (including phenoxy) is 3. The quantitative estimate of drug-likeness (QED) is 0.0423. The highest BCUT2D eigenvalue weighted by atomic mass is 28.4. The molecule has 3 heterocycles. The minimum atomic E-state index is -1.78. The molecule has 0 aromatic rings. The molecule has 0 aromatic heterocycles. The molecule has 3 rings (SSSR count). The van der Waals surface area contributed by atoms with Crippen LogP contribution in [0.15, 0.2) is 11.6 Å². The zero-order valence-corrected chi connectivity index (χ0v) is 40.1. The third kappa shape index (κ3) is 19.9. The third-order valence-electron chi connectivity index (χ3n) is 11.0. The smallest absolute Gasteiger partial charge is 0.334 e. The first-order valence-corrected chi connectivity index (χ1v) is 32.9. The fourth-order valence-corrected chi connectivity index (χ4v) is 12.2. The molecular formula is C44H86O7Si3. The van der Waals surface area contributed by atoms with Gasteiger partial charge in [-0.25, -0.2) is 4.79 Å². The Balaban J connectivity index is 1.45. The van der Waals surface area contributed by atoms with Crippen LogP contribution in [0.3, 0.4) is 0 Å². The summed E-state index contributed by atoms with van der Waals surface area (Å²) in [6.45, 7) is 24.7. The van der Waals surface area contributed by atoms with Crippen LogP contribution < -0.4 is 0 Å². The number of unbranched alkanes of at least 4 members (excludes halogenated alkanes) is 12. The topological polar surface area (TPSA) is 72.5 Å². The van der Waals surface area contributed by atoms with Gasteiger partial charge in [0.15, 0.2) is 25.0 Å². The number of esters is 1. The molecule has 2 fully saturated rings. The summed E-state index contributed by atoms with van der Waals surface area (Å²) in [5, 5.41) is 0. The van der Waals surface area contributed by atoms with Gasteiger partial charge in [0.05, 0.1) is 36.6 Å². The van der Waals surface area contributed by atoms with E-state index in [0.29, 0.717) is 6.42 Å². The molecule has 0 radical (unpaired) electrons. The molecule has 54 heavy (non-hydrogen) atoms. The SMILES string of the molecule is CCCCCCCCCCCCCC[C@@H](O[Si](C)(C)C)[C@H]1CC[C@H]([C@H]2CC[C@H]([C@@H](CCCC[C@H](CC3=C[C@H](C)OC3=O)O[Si](C)(C)C)O[Si](C)(C)C)O2)O1. The van der Waals surface area contributed by atoms with Gasteiger partial charge in [-0.05, 0) is 117 Å². The first-order valence-electron chi connectivity index (χ1n) is 22.7. The highest BCUT2D eigenvalue weighted by Gasteiger charge is 2.43. The van der Waals surface area contributed by atoms with Gasteiger partial charge in [0.2, 0.25) is 0 Å². The van der Waals surface area contributed by atoms with Crippen LogP contribution in [0.1, 0.15) is 155 Å². The molecule has 0 saturated carbocycles. The maximum absolute atomic E-state index is 12.4. The lowest BCUT2D eigenvalue weighted by molar-refractivity contribution is -0.139. The fourth-order valence-electron chi connectivity index (χ4n) is 8.66. The largest absolute Gasteiger partial charge is 0.455 e. The molecule has 3 aliphatic rings. The lowest BCUT2D eigenvalue weighted by Gasteiger charge is -2.32. The van der Waals surface area contributed by atoms with E-state index in [1.165, 1.54) is 77.0 Å². The molecule has 0 N–H and O–H groups in total. The molecule has 2 saturated heterocycles. The Kier molecular flexibility index (Phi) is 21.3. The van der Waals surface area contributed by atoms with Crippen molar-refractivity contribution in [2.75, 3.05) is 0 Å². The van der Waals surface area contributed by atoms with Gasteiger partial charge < -0.3 is 27.5 Å². The van der Waals surface area contributed by atoms with Crippen LogP contribution in [0.5, 0.6) is 0 Å². The van der Waals surface area contributed by atoms with E-state index in [2.05, 4.69) is 65.8 Å². The Labute approximate surface area is 336 Å². The molecule has 316 valence electrons. The lowest BCUT2D eigenvalue weighted by atomic mass is 9.99. The van der Waals surface area contributed by atoms with Crippen molar-refractivity contribution in [3.8, 4) is 0 Å². The molecule has 8 atom stereocenters. The van der Waals surface area contributed by atoms with E-state index in [4.69, 9.17) is 27.5 Å². The van der Waals surface area contributed by atoms with E-state index in [1.54, 1.807) is 0 Å². The second-order valence-corrected chi connectivity index (χ2v) is 33.3. The van der Waals surface area contributed by atoms with Crippen molar-refractivity contribution in [2.24, 2.45) is 0 Å². The molecule has 0 unspecified atom stereocenters. The summed E-state index contributed by atoms with van der Waals surface area (Å²) >= 11 is 0. The highest BCUT2D eigenvalue weighted by Crippen LogP contribution is 2.37. The van der Waals surface area contributed by atoms with Gasteiger partial charge in [0.25, 0.3) is 0 Å². The Morgan fingerprint density at radius 1 is 0.593 bits per heavy atom. The predicted octanol–water partition coefficient (Wildman–Crippen LogP) is 12.7. The predicted molar refractivity (Wildman–Crippen MR) is 233 cm³/mol. The Hall–Kier alpha value is -0.339. The molecule has 10 heteroatoms. The Morgan fingerprint density at radius 2 is 1.00 bits per heavy atom. The van der Waals surface area contributed by atoms with Gasteiger partial charge >= 0.3 is 5.97 Å². The van der Waals surface area contributed by atoms with Crippen LogP contribution in [0.25, 0.3) is 0 Å². The maximum atomic E-state index is 12.4. The summed E-state index contributed by atoms with van der Waals surface area (Å²) in [5.41, 5.74) is 0.773.